The third kappa shape index (κ3) is 3.70. The Bertz CT molecular complexity index is 296. The molecule has 1 rings (SSSR count). The van der Waals surface area contributed by atoms with Crippen LogP contribution < -0.4 is 10.6 Å². The topological polar surface area (TPSA) is 61.4 Å². The smallest absolute Gasteiger partial charge is 0.242 e. The fourth-order valence-electron chi connectivity index (χ4n) is 2.15. The molecule has 0 aromatic rings. The Kier molecular flexibility index (Phi) is 4.51. The van der Waals surface area contributed by atoms with Crippen molar-refractivity contribution in [1.29, 1.82) is 0 Å². The van der Waals surface area contributed by atoms with Gasteiger partial charge in [0.25, 0.3) is 0 Å². The second kappa shape index (κ2) is 5.49. The molecule has 17 heavy (non-hydrogen) atoms. The molecule has 98 valence electrons. The van der Waals surface area contributed by atoms with Crippen molar-refractivity contribution >= 4 is 11.8 Å². The molecule has 1 heterocycles. The summed E-state index contributed by atoms with van der Waals surface area (Å²) in [7, 11) is 1.67. The van der Waals surface area contributed by atoms with E-state index >= 15 is 0 Å². The Labute approximate surface area is 103 Å². The maximum absolute atomic E-state index is 12.2. The summed E-state index contributed by atoms with van der Waals surface area (Å²) in [4.78, 5) is 25.2. The van der Waals surface area contributed by atoms with E-state index in [0.29, 0.717) is 0 Å². The van der Waals surface area contributed by atoms with Crippen molar-refractivity contribution < 1.29 is 9.59 Å². The number of hydrogen-bond donors (Lipinski definition) is 2. The highest BCUT2D eigenvalue weighted by molar-refractivity contribution is 5.90. The number of nitrogens with zero attached hydrogens (tertiary/aromatic N) is 1. The minimum atomic E-state index is -0.493. The largest absolute Gasteiger partial charge is 0.352 e. The maximum Gasteiger partial charge on any atom is 0.242 e. The van der Waals surface area contributed by atoms with Gasteiger partial charge in [-0.15, -0.1) is 0 Å². The Morgan fingerprint density at radius 1 is 1.47 bits per heavy atom. The van der Waals surface area contributed by atoms with E-state index in [1.165, 1.54) is 4.90 Å². The van der Waals surface area contributed by atoms with Crippen LogP contribution in [0.4, 0.5) is 0 Å². The highest BCUT2D eigenvalue weighted by Gasteiger charge is 2.38. The van der Waals surface area contributed by atoms with Crippen molar-refractivity contribution in [2.75, 3.05) is 20.1 Å². The molecule has 5 heteroatoms. The Balaban J connectivity index is 2.49. The standard InChI is InChI=1S/C12H23N3O2/c1-9(2)14-10(16)8-15(4)11(17)12(3)6-5-7-13-12/h9,13H,5-8H2,1-4H3,(H,14,16). The van der Waals surface area contributed by atoms with E-state index in [1.54, 1.807) is 7.05 Å². The van der Waals surface area contributed by atoms with Gasteiger partial charge in [0.05, 0.1) is 12.1 Å². The summed E-state index contributed by atoms with van der Waals surface area (Å²) >= 11 is 0. The van der Waals surface area contributed by atoms with Crippen LogP contribution in [0.5, 0.6) is 0 Å². The first-order valence-corrected chi connectivity index (χ1v) is 6.15. The summed E-state index contributed by atoms with van der Waals surface area (Å²) in [5.41, 5.74) is -0.493. The Morgan fingerprint density at radius 2 is 2.12 bits per heavy atom. The molecule has 0 bridgehead atoms. The van der Waals surface area contributed by atoms with Crippen molar-refractivity contribution in [1.82, 2.24) is 15.5 Å². The predicted octanol–water partition coefficient (Wildman–Crippen LogP) is 0.112. The van der Waals surface area contributed by atoms with Gasteiger partial charge in [-0.25, -0.2) is 0 Å². The van der Waals surface area contributed by atoms with Crippen LogP contribution in [0.25, 0.3) is 0 Å². The van der Waals surface area contributed by atoms with Crippen LogP contribution in [0.15, 0.2) is 0 Å². The van der Waals surface area contributed by atoms with Gasteiger partial charge in [0, 0.05) is 13.1 Å². The van der Waals surface area contributed by atoms with Crippen LogP contribution in [-0.4, -0.2) is 48.4 Å². The molecule has 1 saturated heterocycles. The van der Waals surface area contributed by atoms with Crippen LogP contribution in [0.3, 0.4) is 0 Å². The molecule has 2 amide bonds. The maximum atomic E-state index is 12.2. The molecule has 1 aliphatic heterocycles. The fourth-order valence-corrected chi connectivity index (χ4v) is 2.15. The van der Waals surface area contributed by atoms with Crippen molar-refractivity contribution in [3.05, 3.63) is 0 Å². The molecule has 1 aliphatic rings. The Morgan fingerprint density at radius 3 is 2.59 bits per heavy atom. The monoisotopic (exact) mass is 241 g/mol. The Hall–Kier alpha value is -1.10. The molecular formula is C12H23N3O2. The molecule has 0 spiro atoms. The number of carbonyl (C=O) groups is 2. The quantitative estimate of drug-likeness (QED) is 0.734. The van der Waals surface area contributed by atoms with Crippen LogP contribution in [0.2, 0.25) is 0 Å². The molecule has 2 N–H and O–H groups in total. The van der Waals surface area contributed by atoms with Gasteiger partial charge in [-0.05, 0) is 40.2 Å². The molecule has 0 saturated carbocycles. The van der Waals surface area contributed by atoms with Gasteiger partial charge >= 0.3 is 0 Å². The average molecular weight is 241 g/mol. The van der Waals surface area contributed by atoms with Crippen molar-refractivity contribution in [3.63, 3.8) is 0 Å². The number of amides is 2. The van der Waals surface area contributed by atoms with Crippen LogP contribution in [-0.2, 0) is 9.59 Å². The molecule has 5 nitrogen and oxygen atoms in total. The summed E-state index contributed by atoms with van der Waals surface area (Å²) < 4.78 is 0. The van der Waals surface area contributed by atoms with E-state index in [0.717, 1.165) is 19.4 Å². The zero-order valence-corrected chi connectivity index (χ0v) is 11.2. The van der Waals surface area contributed by atoms with Crippen molar-refractivity contribution in [2.45, 2.75) is 45.2 Å². The minimum absolute atomic E-state index is 0.00564. The van der Waals surface area contributed by atoms with E-state index in [1.807, 2.05) is 20.8 Å². The normalized spacial score (nSPS) is 23.8. The lowest BCUT2D eigenvalue weighted by atomic mass is 9.98. The first kappa shape index (κ1) is 14.0. The second-order valence-electron chi connectivity index (χ2n) is 5.25. The van der Waals surface area contributed by atoms with Gasteiger partial charge in [-0.3, -0.25) is 9.59 Å². The summed E-state index contributed by atoms with van der Waals surface area (Å²) in [6.07, 6.45) is 1.84. The van der Waals surface area contributed by atoms with Gasteiger partial charge in [-0.2, -0.15) is 0 Å². The van der Waals surface area contributed by atoms with Crippen LogP contribution >= 0.6 is 0 Å². The average Bonchev–Trinajstić information content (AvgIpc) is 2.63. The molecule has 0 aromatic carbocycles. The van der Waals surface area contributed by atoms with Gasteiger partial charge in [0.15, 0.2) is 0 Å². The first-order valence-electron chi connectivity index (χ1n) is 6.15. The molecule has 1 unspecified atom stereocenters. The van der Waals surface area contributed by atoms with Crippen LogP contribution in [0, 0.1) is 0 Å². The first-order chi connectivity index (χ1) is 7.85. The van der Waals surface area contributed by atoms with E-state index in [2.05, 4.69) is 10.6 Å². The lowest BCUT2D eigenvalue weighted by Gasteiger charge is -2.29. The summed E-state index contributed by atoms with van der Waals surface area (Å²) in [5.74, 6) is -0.119. The zero-order chi connectivity index (χ0) is 13.1. The fraction of sp³-hybridized carbons (Fsp3) is 0.833. The van der Waals surface area contributed by atoms with E-state index in [4.69, 9.17) is 0 Å². The molecule has 1 fully saturated rings. The molecule has 0 radical (unpaired) electrons. The highest BCUT2D eigenvalue weighted by Crippen LogP contribution is 2.20. The summed E-state index contributed by atoms with van der Waals surface area (Å²) in [5, 5.41) is 5.98. The van der Waals surface area contributed by atoms with E-state index in [9.17, 15) is 9.59 Å². The zero-order valence-electron chi connectivity index (χ0n) is 11.2. The lowest BCUT2D eigenvalue weighted by molar-refractivity contribution is -0.139. The van der Waals surface area contributed by atoms with E-state index < -0.39 is 5.54 Å². The van der Waals surface area contributed by atoms with Crippen molar-refractivity contribution in [2.24, 2.45) is 0 Å². The second-order valence-corrected chi connectivity index (χ2v) is 5.25. The van der Waals surface area contributed by atoms with Crippen LogP contribution in [0.1, 0.15) is 33.6 Å². The molecule has 0 aliphatic carbocycles. The lowest BCUT2D eigenvalue weighted by Crippen LogP contribution is -2.53. The van der Waals surface area contributed by atoms with Gasteiger partial charge in [-0.1, -0.05) is 0 Å². The van der Waals surface area contributed by atoms with Gasteiger partial charge in [0.2, 0.25) is 11.8 Å². The summed E-state index contributed by atoms with van der Waals surface area (Å²) in [6, 6.07) is 0.103. The molecule has 1 atom stereocenters. The number of rotatable bonds is 4. The number of hydrogen-bond acceptors (Lipinski definition) is 3. The number of nitrogens with one attached hydrogen (secondary N) is 2. The van der Waals surface area contributed by atoms with Crippen molar-refractivity contribution in [3.8, 4) is 0 Å². The van der Waals surface area contributed by atoms with Gasteiger partial charge in [0.1, 0.15) is 0 Å². The van der Waals surface area contributed by atoms with Gasteiger partial charge < -0.3 is 15.5 Å². The number of likely N-dealkylation sites (N-methyl/N-ethyl adjacent to an activating group) is 1. The minimum Gasteiger partial charge on any atom is -0.352 e. The SMILES string of the molecule is CC(C)NC(=O)CN(C)C(=O)C1(C)CCCN1. The third-order valence-electron chi connectivity index (χ3n) is 3.02. The predicted molar refractivity (Wildman–Crippen MR) is 66.6 cm³/mol. The number of carbonyl (C=O) groups excluding carboxylic acids is 2. The molecular weight excluding hydrogens is 218 g/mol. The van der Waals surface area contributed by atoms with E-state index in [-0.39, 0.29) is 24.4 Å². The highest BCUT2D eigenvalue weighted by atomic mass is 16.2. The summed E-state index contributed by atoms with van der Waals surface area (Å²) in [6.45, 7) is 6.70. The molecule has 0 aromatic heterocycles. The third-order valence-corrected chi connectivity index (χ3v) is 3.02.